The molecule has 0 atom stereocenters. The number of hydrogen-bond donors (Lipinski definition) is 1. The van der Waals surface area contributed by atoms with Crippen molar-refractivity contribution in [2.24, 2.45) is 0 Å². The van der Waals surface area contributed by atoms with E-state index in [2.05, 4.69) is 35.2 Å². The molecule has 2 aromatic carbocycles. The standard InChI is InChI=1S/C18H21NO2/c20-10-9-19-12-17(13-19)16-7-4-8-18(11-16)21-14-15-5-2-1-3-6-15/h1-8,11,17,20H,9-10,12-14H2. The van der Waals surface area contributed by atoms with E-state index in [0.29, 0.717) is 12.5 Å². The Labute approximate surface area is 125 Å². The summed E-state index contributed by atoms with van der Waals surface area (Å²) in [6, 6.07) is 18.6. The van der Waals surface area contributed by atoms with Gasteiger partial charge in [-0.25, -0.2) is 0 Å². The molecule has 1 saturated heterocycles. The van der Waals surface area contributed by atoms with Crippen LogP contribution in [0.5, 0.6) is 5.75 Å². The average Bonchev–Trinajstić information content (AvgIpc) is 2.50. The van der Waals surface area contributed by atoms with Crippen molar-refractivity contribution in [3.05, 3.63) is 65.7 Å². The van der Waals surface area contributed by atoms with Gasteiger partial charge in [0.15, 0.2) is 0 Å². The first-order chi connectivity index (χ1) is 10.3. The lowest BCUT2D eigenvalue weighted by molar-refractivity contribution is 0.115. The second-order valence-corrected chi connectivity index (χ2v) is 5.53. The highest BCUT2D eigenvalue weighted by Crippen LogP contribution is 2.29. The van der Waals surface area contributed by atoms with E-state index in [9.17, 15) is 0 Å². The summed E-state index contributed by atoms with van der Waals surface area (Å²) in [6.45, 7) is 3.69. The van der Waals surface area contributed by atoms with Crippen LogP contribution in [-0.2, 0) is 6.61 Å². The van der Waals surface area contributed by atoms with E-state index in [1.807, 2.05) is 24.3 Å². The minimum absolute atomic E-state index is 0.243. The number of ether oxygens (including phenoxy) is 1. The largest absolute Gasteiger partial charge is 0.489 e. The molecular formula is C18H21NO2. The number of hydrogen-bond acceptors (Lipinski definition) is 3. The summed E-state index contributed by atoms with van der Waals surface area (Å²) < 4.78 is 5.87. The molecule has 1 aliphatic heterocycles. The fourth-order valence-corrected chi connectivity index (χ4v) is 2.70. The van der Waals surface area contributed by atoms with E-state index in [4.69, 9.17) is 9.84 Å². The number of aliphatic hydroxyl groups is 1. The highest BCUT2D eigenvalue weighted by Gasteiger charge is 2.27. The van der Waals surface area contributed by atoms with E-state index in [1.54, 1.807) is 0 Å². The minimum atomic E-state index is 0.243. The van der Waals surface area contributed by atoms with Gasteiger partial charge in [-0.05, 0) is 23.3 Å². The van der Waals surface area contributed by atoms with E-state index in [0.717, 1.165) is 25.4 Å². The third-order valence-electron chi connectivity index (χ3n) is 3.95. The summed E-state index contributed by atoms with van der Waals surface area (Å²) in [5.41, 5.74) is 2.51. The van der Waals surface area contributed by atoms with Gasteiger partial charge < -0.3 is 9.84 Å². The van der Waals surface area contributed by atoms with Crippen LogP contribution in [0.25, 0.3) is 0 Å². The van der Waals surface area contributed by atoms with Gasteiger partial charge in [-0.3, -0.25) is 4.90 Å². The third kappa shape index (κ3) is 3.63. The van der Waals surface area contributed by atoms with Gasteiger partial charge in [0.1, 0.15) is 12.4 Å². The van der Waals surface area contributed by atoms with Crippen LogP contribution in [0.4, 0.5) is 0 Å². The molecular weight excluding hydrogens is 262 g/mol. The predicted molar refractivity (Wildman–Crippen MR) is 83.5 cm³/mol. The van der Waals surface area contributed by atoms with Crippen LogP contribution in [0.3, 0.4) is 0 Å². The molecule has 3 heteroatoms. The van der Waals surface area contributed by atoms with Crippen molar-refractivity contribution in [1.82, 2.24) is 4.90 Å². The third-order valence-corrected chi connectivity index (χ3v) is 3.95. The van der Waals surface area contributed by atoms with Gasteiger partial charge in [-0.2, -0.15) is 0 Å². The maximum absolute atomic E-state index is 8.92. The smallest absolute Gasteiger partial charge is 0.120 e. The van der Waals surface area contributed by atoms with Crippen LogP contribution in [0.15, 0.2) is 54.6 Å². The number of nitrogens with zero attached hydrogens (tertiary/aromatic N) is 1. The Morgan fingerprint density at radius 1 is 1.05 bits per heavy atom. The lowest BCUT2D eigenvalue weighted by atomic mass is 9.91. The molecule has 1 fully saturated rings. The van der Waals surface area contributed by atoms with Crippen molar-refractivity contribution < 1.29 is 9.84 Å². The van der Waals surface area contributed by atoms with Gasteiger partial charge in [0.25, 0.3) is 0 Å². The van der Waals surface area contributed by atoms with E-state index in [-0.39, 0.29) is 6.61 Å². The zero-order valence-corrected chi connectivity index (χ0v) is 12.1. The molecule has 0 unspecified atom stereocenters. The van der Waals surface area contributed by atoms with Crippen LogP contribution in [0.2, 0.25) is 0 Å². The number of benzene rings is 2. The van der Waals surface area contributed by atoms with Gasteiger partial charge in [0.05, 0.1) is 6.61 Å². The maximum atomic E-state index is 8.92. The van der Waals surface area contributed by atoms with E-state index < -0.39 is 0 Å². The first kappa shape index (κ1) is 14.1. The molecule has 110 valence electrons. The first-order valence-electron chi connectivity index (χ1n) is 7.45. The number of aliphatic hydroxyl groups excluding tert-OH is 1. The highest BCUT2D eigenvalue weighted by molar-refractivity contribution is 5.32. The van der Waals surface area contributed by atoms with Crippen LogP contribution < -0.4 is 4.74 Å². The summed E-state index contributed by atoms with van der Waals surface area (Å²) in [6.07, 6.45) is 0. The van der Waals surface area contributed by atoms with Crippen molar-refractivity contribution >= 4 is 0 Å². The summed E-state index contributed by atoms with van der Waals surface area (Å²) in [5, 5.41) is 8.92. The highest BCUT2D eigenvalue weighted by atomic mass is 16.5. The Kier molecular flexibility index (Phi) is 4.53. The van der Waals surface area contributed by atoms with Gasteiger partial charge in [-0.1, -0.05) is 42.5 Å². The lowest BCUT2D eigenvalue weighted by Gasteiger charge is -2.39. The Morgan fingerprint density at radius 2 is 1.86 bits per heavy atom. The van der Waals surface area contributed by atoms with Crippen molar-refractivity contribution in [3.8, 4) is 5.75 Å². The fourth-order valence-electron chi connectivity index (χ4n) is 2.70. The Morgan fingerprint density at radius 3 is 2.62 bits per heavy atom. The summed E-state index contributed by atoms with van der Waals surface area (Å²) >= 11 is 0. The van der Waals surface area contributed by atoms with Crippen molar-refractivity contribution in [2.45, 2.75) is 12.5 Å². The molecule has 3 nitrogen and oxygen atoms in total. The Balaban J connectivity index is 1.57. The fraction of sp³-hybridized carbons (Fsp3) is 0.333. The SMILES string of the molecule is OCCN1CC(c2cccc(OCc3ccccc3)c2)C1. The van der Waals surface area contributed by atoms with Gasteiger partial charge >= 0.3 is 0 Å². The molecule has 3 rings (SSSR count). The van der Waals surface area contributed by atoms with E-state index >= 15 is 0 Å². The number of rotatable bonds is 6. The van der Waals surface area contributed by atoms with Crippen LogP contribution >= 0.6 is 0 Å². The monoisotopic (exact) mass is 283 g/mol. The molecule has 0 saturated carbocycles. The topological polar surface area (TPSA) is 32.7 Å². The van der Waals surface area contributed by atoms with Gasteiger partial charge in [0.2, 0.25) is 0 Å². The molecule has 0 aliphatic carbocycles. The molecule has 0 bridgehead atoms. The first-order valence-corrected chi connectivity index (χ1v) is 7.45. The molecule has 0 aromatic heterocycles. The molecule has 0 spiro atoms. The normalized spacial score (nSPS) is 15.7. The molecule has 2 aromatic rings. The number of likely N-dealkylation sites (tertiary alicyclic amines) is 1. The van der Waals surface area contributed by atoms with Crippen LogP contribution in [-0.4, -0.2) is 36.2 Å². The molecule has 1 heterocycles. The Hall–Kier alpha value is -1.84. The second-order valence-electron chi connectivity index (χ2n) is 5.53. The second kappa shape index (κ2) is 6.74. The summed E-state index contributed by atoms with van der Waals surface area (Å²) in [7, 11) is 0. The van der Waals surface area contributed by atoms with Crippen LogP contribution in [0.1, 0.15) is 17.0 Å². The molecule has 0 amide bonds. The molecule has 21 heavy (non-hydrogen) atoms. The maximum Gasteiger partial charge on any atom is 0.120 e. The average molecular weight is 283 g/mol. The predicted octanol–water partition coefficient (Wildman–Crippen LogP) is 2.66. The number of β-amino-alcohol motifs (C(OH)–C–C–N with tert-alkyl or cyclic N) is 1. The quantitative estimate of drug-likeness (QED) is 0.884. The van der Waals surface area contributed by atoms with Crippen LogP contribution in [0, 0.1) is 0 Å². The van der Waals surface area contributed by atoms with E-state index in [1.165, 1.54) is 11.1 Å². The van der Waals surface area contributed by atoms with Crippen molar-refractivity contribution in [3.63, 3.8) is 0 Å². The molecule has 1 aliphatic rings. The van der Waals surface area contributed by atoms with Crippen molar-refractivity contribution in [2.75, 3.05) is 26.2 Å². The zero-order valence-electron chi connectivity index (χ0n) is 12.1. The molecule has 1 N–H and O–H groups in total. The van der Waals surface area contributed by atoms with Crippen molar-refractivity contribution in [1.29, 1.82) is 0 Å². The van der Waals surface area contributed by atoms with Gasteiger partial charge in [0, 0.05) is 25.6 Å². The molecule has 0 radical (unpaired) electrons. The van der Waals surface area contributed by atoms with Gasteiger partial charge in [-0.15, -0.1) is 0 Å². The zero-order chi connectivity index (χ0) is 14.5. The summed E-state index contributed by atoms with van der Waals surface area (Å²) in [5.74, 6) is 1.49. The minimum Gasteiger partial charge on any atom is -0.489 e. The Bertz CT molecular complexity index is 564. The lowest BCUT2D eigenvalue weighted by Crippen LogP contribution is -2.46. The summed E-state index contributed by atoms with van der Waals surface area (Å²) in [4.78, 5) is 2.27.